The smallest absolute Gasteiger partial charge is 0.303 e. The summed E-state index contributed by atoms with van der Waals surface area (Å²) in [6, 6.07) is 6.39. The zero-order chi connectivity index (χ0) is 21.9. The minimum absolute atomic E-state index is 0.0965. The first-order valence-electron chi connectivity index (χ1n) is 10.7. The Bertz CT molecular complexity index is 875. The lowest BCUT2D eigenvalue weighted by atomic mass is 9.45. The fraction of sp³-hybridized carbons (Fsp3) is 0.609. The summed E-state index contributed by atoms with van der Waals surface area (Å²) >= 11 is 0. The number of hydrogen-bond donors (Lipinski definition) is 2. The normalized spacial score (nSPS) is 27.6. The van der Waals surface area contributed by atoms with Gasteiger partial charge in [-0.2, -0.15) is 0 Å². The number of allylic oxidation sites excluding steroid dienone is 2. The summed E-state index contributed by atoms with van der Waals surface area (Å²) in [6.45, 7) is 4.50. The van der Waals surface area contributed by atoms with Crippen molar-refractivity contribution < 1.29 is 23.1 Å². The van der Waals surface area contributed by atoms with Crippen molar-refractivity contribution in [3.63, 3.8) is 0 Å². The number of nitrogens with one attached hydrogen (secondary N) is 1. The number of hydrogen-bond acceptors (Lipinski definition) is 4. The van der Waals surface area contributed by atoms with Crippen LogP contribution in [0.4, 0.5) is 0 Å². The van der Waals surface area contributed by atoms with E-state index in [-0.39, 0.29) is 28.7 Å². The van der Waals surface area contributed by atoms with E-state index in [0.29, 0.717) is 24.0 Å². The Morgan fingerprint density at radius 2 is 1.93 bits per heavy atom. The van der Waals surface area contributed by atoms with Crippen molar-refractivity contribution in [2.75, 3.05) is 7.11 Å². The van der Waals surface area contributed by atoms with Crippen molar-refractivity contribution >= 4 is 16.0 Å². The van der Waals surface area contributed by atoms with Gasteiger partial charge in [0.2, 0.25) is 10.0 Å². The van der Waals surface area contributed by atoms with Crippen LogP contribution in [0.25, 0.3) is 0 Å². The molecule has 3 aliphatic rings. The third kappa shape index (κ3) is 4.89. The monoisotopic (exact) mass is 435 g/mol. The molecular weight excluding hydrogens is 402 g/mol. The minimum atomic E-state index is -3.62. The molecule has 7 heteroatoms. The molecule has 30 heavy (non-hydrogen) atoms. The number of carbonyl (C=O) groups is 1. The van der Waals surface area contributed by atoms with E-state index in [1.807, 2.05) is 6.08 Å². The predicted octanol–water partition coefficient (Wildman–Crippen LogP) is 4.23. The number of rotatable bonds is 10. The number of carboxylic acids is 1. The fourth-order valence-electron chi connectivity index (χ4n) is 5.09. The van der Waals surface area contributed by atoms with E-state index < -0.39 is 16.0 Å². The molecule has 0 saturated heterocycles. The second-order valence-electron chi connectivity index (χ2n) is 9.17. The maximum atomic E-state index is 13.1. The molecule has 4 unspecified atom stereocenters. The summed E-state index contributed by atoms with van der Waals surface area (Å²) in [5, 5.41) is 8.73. The average Bonchev–Trinajstić information content (AvgIpc) is 2.70. The zero-order valence-electron chi connectivity index (χ0n) is 18.0. The number of carboxylic acid groups (broad SMARTS) is 1. The first kappa shape index (κ1) is 22.8. The van der Waals surface area contributed by atoms with Crippen LogP contribution in [0.3, 0.4) is 0 Å². The van der Waals surface area contributed by atoms with Crippen molar-refractivity contribution in [2.24, 2.45) is 23.2 Å². The third-order valence-electron chi connectivity index (χ3n) is 7.10. The zero-order valence-corrected chi connectivity index (χ0v) is 18.8. The van der Waals surface area contributed by atoms with Gasteiger partial charge in [-0.3, -0.25) is 4.79 Å². The highest BCUT2D eigenvalue weighted by Gasteiger charge is 2.58. The van der Waals surface area contributed by atoms with Crippen LogP contribution in [0, 0.1) is 23.2 Å². The number of methoxy groups -OCH3 is 1. The second-order valence-corrected chi connectivity index (χ2v) is 10.9. The Kier molecular flexibility index (Phi) is 6.92. The Hall–Kier alpha value is -1.86. The summed E-state index contributed by atoms with van der Waals surface area (Å²) in [4.78, 5) is 10.9. The number of unbranched alkanes of at least 4 members (excludes halogenated alkanes) is 1. The summed E-state index contributed by atoms with van der Waals surface area (Å²) in [5.41, 5.74) is 0.148. The maximum absolute atomic E-state index is 13.1. The van der Waals surface area contributed by atoms with Gasteiger partial charge in [-0.1, -0.05) is 26.0 Å². The van der Waals surface area contributed by atoms with Crippen LogP contribution < -0.4 is 9.46 Å². The number of sulfonamides is 1. The average molecular weight is 436 g/mol. The molecule has 2 N–H and O–H groups in total. The Balaban J connectivity index is 1.69. The molecule has 1 aromatic carbocycles. The molecule has 166 valence electrons. The van der Waals surface area contributed by atoms with E-state index in [1.54, 1.807) is 31.4 Å². The Morgan fingerprint density at radius 3 is 2.53 bits per heavy atom. The van der Waals surface area contributed by atoms with Gasteiger partial charge < -0.3 is 9.84 Å². The lowest BCUT2D eigenvalue weighted by Gasteiger charge is -2.62. The topological polar surface area (TPSA) is 92.7 Å². The van der Waals surface area contributed by atoms with E-state index in [2.05, 4.69) is 24.6 Å². The lowest BCUT2D eigenvalue weighted by Crippen LogP contribution is -2.63. The third-order valence-corrected chi connectivity index (χ3v) is 8.58. The van der Waals surface area contributed by atoms with Crippen molar-refractivity contribution in [3.05, 3.63) is 36.4 Å². The molecule has 0 heterocycles. The molecule has 4 atom stereocenters. The van der Waals surface area contributed by atoms with Gasteiger partial charge in [-0.05, 0) is 79.5 Å². The van der Waals surface area contributed by atoms with Crippen LogP contribution in [0.15, 0.2) is 41.3 Å². The molecule has 6 nitrogen and oxygen atoms in total. The standard InChI is InChI=1S/C23H33NO5S/c1-23(2)17-14-16(8-6-4-5-7-9-21(25)26)22(20(23)15-17)24-30(27,28)19-12-10-18(29-3)11-13-19/h4,6,10-13,16-17,20,22,24H,5,7-9,14-15H2,1-3H3,(H,25,26)/b6-4+. The van der Waals surface area contributed by atoms with E-state index in [1.165, 1.54) is 0 Å². The van der Waals surface area contributed by atoms with Gasteiger partial charge in [0.25, 0.3) is 0 Å². The highest BCUT2D eigenvalue weighted by molar-refractivity contribution is 7.89. The fourth-order valence-corrected chi connectivity index (χ4v) is 6.43. The van der Waals surface area contributed by atoms with Gasteiger partial charge in [0.05, 0.1) is 12.0 Å². The Labute approximate surface area is 179 Å². The molecule has 4 rings (SSSR count). The number of aliphatic carboxylic acids is 1. The van der Waals surface area contributed by atoms with Crippen molar-refractivity contribution in [1.82, 2.24) is 4.72 Å². The van der Waals surface area contributed by atoms with Crippen LogP contribution in [-0.2, 0) is 14.8 Å². The van der Waals surface area contributed by atoms with Gasteiger partial charge in [-0.15, -0.1) is 0 Å². The van der Waals surface area contributed by atoms with Crippen LogP contribution in [0.2, 0.25) is 0 Å². The summed E-state index contributed by atoms with van der Waals surface area (Å²) < 4.78 is 34.3. The van der Waals surface area contributed by atoms with Gasteiger partial charge in [0, 0.05) is 12.5 Å². The van der Waals surface area contributed by atoms with E-state index in [0.717, 1.165) is 25.7 Å². The maximum Gasteiger partial charge on any atom is 0.303 e. The van der Waals surface area contributed by atoms with Crippen molar-refractivity contribution in [1.29, 1.82) is 0 Å². The van der Waals surface area contributed by atoms with Gasteiger partial charge in [0.15, 0.2) is 0 Å². The van der Waals surface area contributed by atoms with E-state index >= 15 is 0 Å². The highest BCUT2D eigenvalue weighted by atomic mass is 32.2. The quantitative estimate of drug-likeness (QED) is 0.424. The largest absolute Gasteiger partial charge is 0.497 e. The molecule has 2 bridgehead atoms. The van der Waals surface area contributed by atoms with Gasteiger partial charge in [-0.25, -0.2) is 13.1 Å². The van der Waals surface area contributed by atoms with Crippen LogP contribution in [0.1, 0.15) is 52.4 Å². The second kappa shape index (κ2) is 9.10. The van der Waals surface area contributed by atoms with E-state index in [4.69, 9.17) is 9.84 Å². The van der Waals surface area contributed by atoms with Gasteiger partial charge in [0.1, 0.15) is 5.75 Å². The summed E-state index contributed by atoms with van der Waals surface area (Å²) in [7, 11) is -2.07. The van der Waals surface area contributed by atoms with E-state index in [9.17, 15) is 13.2 Å². The number of benzene rings is 1. The minimum Gasteiger partial charge on any atom is -0.497 e. The molecule has 0 aromatic heterocycles. The van der Waals surface area contributed by atoms with Crippen molar-refractivity contribution in [2.45, 2.75) is 63.3 Å². The first-order valence-corrected chi connectivity index (χ1v) is 12.2. The van der Waals surface area contributed by atoms with Crippen LogP contribution in [-0.4, -0.2) is 32.6 Å². The molecule has 3 saturated carbocycles. The van der Waals surface area contributed by atoms with Crippen LogP contribution in [0.5, 0.6) is 5.75 Å². The number of fused-ring (bicyclic) bond motifs is 2. The first-order chi connectivity index (χ1) is 14.1. The summed E-state index contributed by atoms with van der Waals surface area (Å²) in [6.07, 6.45) is 8.56. The van der Waals surface area contributed by atoms with Crippen LogP contribution >= 0.6 is 0 Å². The number of ether oxygens (including phenoxy) is 1. The molecule has 0 aliphatic heterocycles. The summed E-state index contributed by atoms with van der Waals surface area (Å²) in [5.74, 6) is 1.07. The highest BCUT2D eigenvalue weighted by Crippen LogP contribution is 2.61. The predicted molar refractivity (Wildman–Crippen MR) is 116 cm³/mol. The molecule has 0 spiro atoms. The lowest BCUT2D eigenvalue weighted by molar-refractivity contribution is -0.137. The molecule has 3 aliphatic carbocycles. The molecule has 3 fully saturated rings. The molecular formula is C23H33NO5S. The SMILES string of the molecule is COc1ccc(S(=O)(=O)NC2C(C/C=C/CCCC(=O)O)CC3CC2C3(C)C)cc1. The van der Waals surface area contributed by atoms with Gasteiger partial charge >= 0.3 is 5.97 Å². The molecule has 1 aromatic rings. The molecule has 0 radical (unpaired) electrons. The molecule has 0 amide bonds. The Morgan fingerprint density at radius 1 is 1.23 bits per heavy atom. The van der Waals surface area contributed by atoms with Crippen molar-refractivity contribution in [3.8, 4) is 5.75 Å².